The molecule has 1 heterocycles. The van der Waals surface area contributed by atoms with Crippen molar-refractivity contribution in [1.82, 2.24) is 9.97 Å². The topological polar surface area (TPSA) is 81.0 Å². The van der Waals surface area contributed by atoms with Crippen LogP contribution in [0.25, 0.3) is 22.4 Å². The van der Waals surface area contributed by atoms with Crippen molar-refractivity contribution in [1.29, 1.82) is 0 Å². The predicted molar refractivity (Wildman–Crippen MR) is 74.7 cm³/mol. The molecule has 1 aromatic heterocycles. The number of ether oxygens (including phenoxy) is 1. The van der Waals surface area contributed by atoms with Gasteiger partial charge in [0.15, 0.2) is 5.75 Å². The summed E-state index contributed by atoms with van der Waals surface area (Å²) in [5.41, 5.74) is 2.28. The smallest absolute Gasteiger partial charge is 0.311 e. The molecule has 0 aliphatic carbocycles. The molecular formula is C14H11N3O3. The Morgan fingerprint density at radius 2 is 2.05 bits per heavy atom. The third kappa shape index (κ3) is 1.97. The summed E-state index contributed by atoms with van der Waals surface area (Å²) >= 11 is 0. The minimum atomic E-state index is -0.467. The number of fused-ring (bicyclic) bond motifs is 1. The number of benzene rings is 2. The van der Waals surface area contributed by atoms with Crippen molar-refractivity contribution in [2.45, 2.75) is 0 Å². The monoisotopic (exact) mass is 269 g/mol. The number of H-pyrrole nitrogens is 1. The van der Waals surface area contributed by atoms with Crippen molar-refractivity contribution < 1.29 is 9.66 Å². The van der Waals surface area contributed by atoms with Crippen LogP contribution in [0, 0.1) is 10.1 Å². The fraction of sp³-hybridized carbons (Fsp3) is 0.0714. The molecule has 20 heavy (non-hydrogen) atoms. The molecule has 0 radical (unpaired) electrons. The molecule has 3 rings (SSSR count). The maximum absolute atomic E-state index is 11.0. The van der Waals surface area contributed by atoms with E-state index in [0.29, 0.717) is 11.4 Å². The molecule has 0 aliphatic heterocycles. The molecule has 0 spiro atoms. The van der Waals surface area contributed by atoms with Crippen molar-refractivity contribution in [3.63, 3.8) is 0 Å². The number of imidazole rings is 1. The largest absolute Gasteiger partial charge is 0.490 e. The van der Waals surface area contributed by atoms with Crippen LogP contribution in [0.15, 0.2) is 42.5 Å². The van der Waals surface area contributed by atoms with Gasteiger partial charge in [0.1, 0.15) is 5.82 Å². The quantitative estimate of drug-likeness (QED) is 0.585. The van der Waals surface area contributed by atoms with Gasteiger partial charge in [-0.2, -0.15) is 0 Å². The average Bonchev–Trinajstić information content (AvgIpc) is 2.90. The maximum Gasteiger partial charge on any atom is 0.311 e. The van der Waals surface area contributed by atoms with E-state index in [4.69, 9.17) is 4.74 Å². The summed E-state index contributed by atoms with van der Waals surface area (Å²) in [6.07, 6.45) is 0. The van der Waals surface area contributed by atoms with Crippen molar-refractivity contribution in [2.24, 2.45) is 0 Å². The lowest BCUT2D eigenvalue weighted by atomic mass is 10.2. The first-order chi connectivity index (χ1) is 9.69. The van der Waals surface area contributed by atoms with E-state index in [1.165, 1.54) is 13.2 Å². The summed E-state index contributed by atoms with van der Waals surface area (Å²) in [4.78, 5) is 18.1. The zero-order chi connectivity index (χ0) is 14.1. The number of para-hydroxylation sites is 2. The van der Waals surface area contributed by atoms with Gasteiger partial charge in [0.05, 0.1) is 23.1 Å². The number of nitro groups is 1. The Hall–Kier alpha value is -2.89. The highest BCUT2D eigenvalue weighted by atomic mass is 16.6. The van der Waals surface area contributed by atoms with E-state index in [1.54, 1.807) is 12.1 Å². The Labute approximate surface area is 114 Å². The van der Waals surface area contributed by atoms with Crippen molar-refractivity contribution in [3.8, 4) is 17.1 Å². The number of nitrogens with zero attached hydrogens (tertiary/aromatic N) is 2. The molecule has 0 aliphatic rings. The molecule has 0 fully saturated rings. The molecule has 0 saturated carbocycles. The predicted octanol–water partition coefficient (Wildman–Crippen LogP) is 3.15. The second-order valence-electron chi connectivity index (χ2n) is 4.25. The minimum absolute atomic E-state index is 0.0783. The van der Waals surface area contributed by atoms with Crippen LogP contribution in [0.4, 0.5) is 5.69 Å². The molecule has 2 aromatic carbocycles. The Morgan fingerprint density at radius 3 is 2.75 bits per heavy atom. The SMILES string of the molecule is COc1ccc(-c2nc3ccccc3[nH]2)cc1[N+](=O)[O-]. The van der Waals surface area contributed by atoms with Crippen LogP contribution in [-0.4, -0.2) is 22.0 Å². The van der Waals surface area contributed by atoms with Gasteiger partial charge in [-0.05, 0) is 24.3 Å². The number of methoxy groups -OCH3 is 1. The first-order valence-electron chi connectivity index (χ1n) is 5.96. The van der Waals surface area contributed by atoms with Gasteiger partial charge < -0.3 is 9.72 Å². The van der Waals surface area contributed by atoms with Gasteiger partial charge in [0.25, 0.3) is 0 Å². The molecule has 6 heteroatoms. The van der Waals surface area contributed by atoms with E-state index in [9.17, 15) is 10.1 Å². The van der Waals surface area contributed by atoms with Gasteiger partial charge in [0.2, 0.25) is 0 Å². The molecule has 0 unspecified atom stereocenters. The fourth-order valence-corrected chi connectivity index (χ4v) is 2.07. The van der Waals surface area contributed by atoms with Crippen LogP contribution < -0.4 is 4.74 Å². The Bertz CT molecular complexity index is 762. The van der Waals surface area contributed by atoms with Gasteiger partial charge in [-0.1, -0.05) is 12.1 Å². The highest BCUT2D eigenvalue weighted by Gasteiger charge is 2.17. The summed E-state index contributed by atoms with van der Waals surface area (Å²) in [5, 5.41) is 11.0. The lowest BCUT2D eigenvalue weighted by Gasteiger charge is -2.02. The molecule has 6 nitrogen and oxygen atoms in total. The van der Waals surface area contributed by atoms with E-state index in [1.807, 2.05) is 24.3 Å². The second-order valence-corrected chi connectivity index (χ2v) is 4.25. The number of aromatic nitrogens is 2. The Kier molecular flexibility index (Phi) is 2.83. The number of nitrogens with one attached hydrogen (secondary N) is 1. The van der Waals surface area contributed by atoms with Crippen LogP contribution in [-0.2, 0) is 0 Å². The summed E-state index contributed by atoms with van der Waals surface area (Å²) in [5.74, 6) is 0.826. The average molecular weight is 269 g/mol. The maximum atomic E-state index is 11.0. The van der Waals surface area contributed by atoms with Crippen LogP contribution in [0.1, 0.15) is 0 Å². The molecule has 3 aromatic rings. The van der Waals surface area contributed by atoms with Crippen LogP contribution in [0.3, 0.4) is 0 Å². The molecule has 0 bridgehead atoms. The molecule has 0 atom stereocenters. The van der Waals surface area contributed by atoms with Crippen LogP contribution >= 0.6 is 0 Å². The van der Waals surface area contributed by atoms with Crippen LogP contribution in [0.2, 0.25) is 0 Å². The standard InChI is InChI=1S/C14H11N3O3/c1-20-13-7-6-9(8-12(13)17(18)19)14-15-10-4-2-3-5-11(10)16-14/h2-8H,1H3,(H,15,16). The number of hydrogen-bond acceptors (Lipinski definition) is 4. The zero-order valence-electron chi connectivity index (χ0n) is 10.7. The first kappa shape index (κ1) is 12.2. The van der Waals surface area contributed by atoms with E-state index < -0.39 is 4.92 Å². The van der Waals surface area contributed by atoms with Gasteiger partial charge in [-0.15, -0.1) is 0 Å². The normalized spacial score (nSPS) is 10.7. The third-order valence-corrected chi connectivity index (χ3v) is 3.04. The van der Waals surface area contributed by atoms with Crippen molar-refractivity contribution in [3.05, 3.63) is 52.6 Å². The molecule has 100 valence electrons. The van der Waals surface area contributed by atoms with Gasteiger partial charge in [-0.3, -0.25) is 10.1 Å². The molecule has 1 N–H and O–H groups in total. The number of aromatic amines is 1. The molecular weight excluding hydrogens is 258 g/mol. The summed E-state index contributed by atoms with van der Waals surface area (Å²) < 4.78 is 4.98. The molecule has 0 saturated heterocycles. The van der Waals surface area contributed by atoms with E-state index >= 15 is 0 Å². The van der Waals surface area contributed by atoms with E-state index in [2.05, 4.69) is 9.97 Å². The lowest BCUT2D eigenvalue weighted by Crippen LogP contribution is -1.94. The second kappa shape index (κ2) is 4.65. The molecule has 0 amide bonds. The van der Waals surface area contributed by atoms with Gasteiger partial charge in [-0.25, -0.2) is 4.98 Å². The van der Waals surface area contributed by atoms with Gasteiger partial charge in [0, 0.05) is 11.6 Å². The minimum Gasteiger partial charge on any atom is -0.490 e. The van der Waals surface area contributed by atoms with Crippen molar-refractivity contribution in [2.75, 3.05) is 7.11 Å². The summed E-state index contributed by atoms with van der Waals surface area (Å²) in [6, 6.07) is 12.3. The fourth-order valence-electron chi connectivity index (χ4n) is 2.07. The highest BCUT2D eigenvalue weighted by Crippen LogP contribution is 2.31. The third-order valence-electron chi connectivity index (χ3n) is 3.04. The summed E-state index contributed by atoms with van der Waals surface area (Å²) in [6.45, 7) is 0. The number of nitro benzene ring substituents is 1. The Balaban J connectivity index is 2.14. The van der Waals surface area contributed by atoms with E-state index in [0.717, 1.165) is 11.0 Å². The number of hydrogen-bond donors (Lipinski definition) is 1. The number of rotatable bonds is 3. The zero-order valence-corrected chi connectivity index (χ0v) is 10.7. The first-order valence-corrected chi connectivity index (χ1v) is 5.96. The lowest BCUT2D eigenvalue weighted by molar-refractivity contribution is -0.385. The summed E-state index contributed by atoms with van der Waals surface area (Å²) in [7, 11) is 1.41. The van der Waals surface area contributed by atoms with Crippen LogP contribution in [0.5, 0.6) is 5.75 Å². The van der Waals surface area contributed by atoms with Gasteiger partial charge >= 0.3 is 5.69 Å². The highest BCUT2D eigenvalue weighted by molar-refractivity contribution is 5.79. The Morgan fingerprint density at radius 1 is 1.25 bits per heavy atom. The van der Waals surface area contributed by atoms with Crippen molar-refractivity contribution >= 4 is 16.7 Å². The van der Waals surface area contributed by atoms with E-state index in [-0.39, 0.29) is 11.4 Å².